The van der Waals surface area contributed by atoms with Crippen molar-refractivity contribution < 1.29 is 19.8 Å². The van der Waals surface area contributed by atoms with Gasteiger partial charge < -0.3 is 10.2 Å². The van der Waals surface area contributed by atoms with Gasteiger partial charge in [0.2, 0.25) is 0 Å². The van der Waals surface area contributed by atoms with E-state index in [1.807, 2.05) is 18.2 Å². The first-order valence-electron chi connectivity index (χ1n) is 8.66. The summed E-state index contributed by atoms with van der Waals surface area (Å²) in [4.78, 5) is 21.8. The summed E-state index contributed by atoms with van der Waals surface area (Å²) >= 11 is 0. The quantitative estimate of drug-likeness (QED) is 0.281. The third-order valence-corrected chi connectivity index (χ3v) is 3.36. The Morgan fingerprint density at radius 3 is 2.29 bits per heavy atom. The standard InChI is InChI=1S/C20H30O4/c1-2-3-4-5-6-7-8-9-10-11-12-13-14-15-18(21)16-17-19(22)20(23)24/h7-10,12-15,19,22H,2-6,11,16-17H2,1H3,(H,23,24). The predicted molar refractivity (Wildman–Crippen MR) is 97.8 cm³/mol. The second-order valence-electron chi connectivity index (χ2n) is 5.59. The Labute approximate surface area is 145 Å². The number of aliphatic hydroxyl groups is 1. The lowest BCUT2D eigenvalue weighted by Gasteiger charge is -2.01. The number of hydrogen-bond acceptors (Lipinski definition) is 3. The first-order valence-corrected chi connectivity index (χ1v) is 8.66. The molecule has 0 saturated heterocycles. The lowest BCUT2D eigenvalue weighted by atomic mass is 10.1. The molecule has 0 aliphatic heterocycles. The molecule has 0 aliphatic rings. The predicted octanol–water partition coefficient (Wildman–Crippen LogP) is 4.37. The molecule has 1 atom stereocenters. The van der Waals surface area contributed by atoms with Crippen molar-refractivity contribution >= 4 is 11.8 Å². The third-order valence-electron chi connectivity index (χ3n) is 3.36. The van der Waals surface area contributed by atoms with Gasteiger partial charge in [-0.1, -0.05) is 68.7 Å². The molecule has 0 spiro atoms. The van der Waals surface area contributed by atoms with Crippen molar-refractivity contribution in [3.05, 3.63) is 48.6 Å². The molecule has 24 heavy (non-hydrogen) atoms. The van der Waals surface area contributed by atoms with Crippen LogP contribution in [0.1, 0.15) is 58.3 Å². The van der Waals surface area contributed by atoms with Crippen LogP contribution in [0.2, 0.25) is 0 Å². The van der Waals surface area contributed by atoms with E-state index in [0.29, 0.717) is 0 Å². The number of hydrogen-bond donors (Lipinski definition) is 2. The van der Waals surface area contributed by atoms with Gasteiger partial charge in [0.1, 0.15) is 0 Å². The second kappa shape index (κ2) is 15.9. The van der Waals surface area contributed by atoms with E-state index in [1.165, 1.54) is 31.8 Å². The lowest BCUT2D eigenvalue weighted by Crippen LogP contribution is -2.20. The number of carbonyl (C=O) groups is 2. The first kappa shape index (κ1) is 22.1. The molecule has 0 heterocycles. The fourth-order valence-electron chi connectivity index (χ4n) is 1.91. The molecule has 0 radical (unpaired) electrons. The molecule has 4 nitrogen and oxygen atoms in total. The molecular formula is C20H30O4. The van der Waals surface area contributed by atoms with Gasteiger partial charge in [0, 0.05) is 6.42 Å². The minimum Gasteiger partial charge on any atom is -0.479 e. The van der Waals surface area contributed by atoms with Crippen molar-refractivity contribution in [1.29, 1.82) is 0 Å². The molecule has 0 amide bonds. The first-order chi connectivity index (χ1) is 11.6. The maximum Gasteiger partial charge on any atom is 0.332 e. The molecule has 4 heteroatoms. The van der Waals surface area contributed by atoms with Crippen molar-refractivity contribution in [1.82, 2.24) is 0 Å². The third kappa shape index (κ3) is 15.0. The summed E-state index contributed by atoms with van der Waals surface area (Å²) in [7, 11) is 0. The summed E-state index contributed by atoms with van der Waals surface area (Å²) in [6, 6.07) is 0. The molecule has 0 aliphatic carbocycles. The number of carbonyl (C=O) groups excluding carboxylic acids is 1. The van der Waals surface area contributed by atoms with Crippen LogP contribution in [0, 0.1) is 0 Å². The normalized spacial score (nSPS) is 13.6. The Morgan fingerprint density at radius 2 is 1.62 bits per heavy atom. The molecule has 0 aromatic carbocycles. The summed E-state index contributed by atoms with van der Waals surface area (Å²) < 4.78 is 0. The zero-order valence-electron chi connectivity index (χ0n) is 14.6. The Balaban J connectivity index is 3.73. The Bertz CT molecular complexity index is 458. The van der Waals surface area contributed by atoms with Crippen molar-refractivity contribution in [3.8, 4) is 0 Å². The van der Waals surface area contributed by atoms with E-state index in [-0.39, 0.29) is 18.6 Å². The molecule has 0 saturated carbocycles. The largest absolute Gasteiger partial charge is 0.479 e. The molecule has 0 rings (SSSR count). The van der Waals surface area contributed by atoms with Crippen LogP contribution in [-0.4, -0.2) is 28.1 Å². The van der Waals surface area contributed by atoms with Crippen LogP contribution in [0.15, 0.2) is 48.6 Å². The molecule has 2 N–H and O–H groups in total. The Hall–Kier alpha value is -1.94. The number of allylic oxidation sites excluding steroid dienone is 8. The number of ketones is 1. The maximum atomic E-state index is 11.4. The van der Waals surface area contributed by atoms with Crippen LogP contribution < -0.4 is 0 Å². The highest BCUT2D eigenvalue weighted by molar-refractivity contribution is 5.90. The highest BCUT2D eigenvalue weighted by atomic mass is 16.4. The second-order valence-corrected chi connectivity index (χ2v) is 5.59. The summed E-state index contributed by atoms with van der Waals surface area (Å²) in [5, 5.41) is 17.5. The SMILES string of the molecule is CCCCCCC=CC=CCC=CC=CC(=O)CCC(O)C(=O)O. The average molecular weight is 334 g/mol. The summed E-state index contributed by atoms with van der Waals surface area (Å²) in [6.07, 6.45) is 20.6. The molecular weight excluding hydrogens is 304 g/mol. The van der Waals surface area contributed by atoms with Gasteiger partial charge >= 0.3 is 5.97 Å². The number of aliphatic carboxylic acids is 1. The summed E-state index contributed by atoms with van der Waals surface area (Å²) in [6.45, 7) is 2.21. The average Bonchev–Trinajstić information content (AvgIpc) is 2.56. The molecule has 0 bridgehead atoms. The van der Waals surface area contributed by atoms with Gasteiger partial charge in [-0.05, 0) is 31.8 Å². The molecule has 0 aromatic rings. The van der Waals surface area contributed by atoms with E-state index in [2.05, 4.69) is 19.1 Å². The highest BCUT2D eigenvalue weighted by Crippen LogP contribution is 2.03. The minimum absolute atomic E-state index is 0.0285. The summed E-state index contributed by atoms with van der Waals surface area (Å²) in [5.41, 5.74) is 0. The van der Waals surface area contributed by atoms with E-state index in [4.69, 9.17) is 10.2 Å². The number of unbranched alkanes of at least 4 members (excludes halogenated alkanes) is 4. The fraction of sp³-hybridized carbons (Fsp3) is 0.500. The molecule has 0 aromatic heterocycles. The van der Waals surface area contributed by atoms with Gasteiger partial charge in [-0.3, -0.25) is 4.79 Å². The van der Waals surface area contributed by atoms with Crippen molar-refractivity contribution in [2.24, 2.45) is 0 Å². The van der Waals surface area contributed by atoms with Crippen LogP contribution in [0.5, 0.6) is 0 Å². The zero-order valence-corrected chi connectivity index (χ0v) is 14.6. The van der Waals surface area contributed by atoms with E-state index in [1.54, 1.807) is 12.2 Å². The highest BCUT2D eigenvalue weighted by Gasteiger charge is 2.13. The van der Waals surface area contributed by atoms with Crippen LogP contribution in [-0.2, 0) is 9.59 Å². The number of aliphatic hydroxyl groups excluding tert-OH is 1. The Kier molecular flexibility index (Phi) is 14.6. The number of carboxylic acid groups (broad SMARTS) is 1. The van der Waals surface area contributed by atoms with Crippen molar-refractivity contribution in [3.63, 3.8) is 0 Å². The monoisotopic (exact) mass is 334 g/mol. The van der Waals surface area contributed by atoms with Crippen LogP contribution in [0.3, 0.4) is 0 Å². The van der Waals surface area contributed by atoms with Gasteiger partial charge in [-0.15, -0.1) is 0 Å². The van der Waals surface area contributed by atoms with E-state index in [9.17, 15) is 9.59 Å². The molecule has 1 unspecified atom stereocenters. The molecule has 0 fully saturated rings. The van der Waals surface area contributed by atoms with Crippen molar-refractivity contribution in [2.45, 2.75) is 64.4 Å². The minimum atomic E-state index is -1.47. The zero-order chi connectivity index (χ0) is 18.0. The van der Waals surface area contributed by atoms with Crippen LogP contribution in [0.25, 0.3) is 0 Å². The number of carboxylic acids is 1. The van der Waals surface area contributed by atoms with E-state index < -0.39 is 12.1 Å². The van der Waals surface area contributed by atoms with E-state index >= 15 is 0 Å². The van der Waals surface area contributed by atoms with Gasteiger partial charge in [-0.2, -0.15) is 0 Å². The van der Waals surface area contributed by atoms with Crippen molar-refractivity contribution in [2.75, 3.05) is 0 Å². The van der Waals surface area contributed by atoms with E-state index in [0.717, 1.165) is 12.8 Å². The summed E-state index contributed by atoms with van der Waals surface area (Å²) in [5.74, 6) is -1.49. The molecule has 134 valence electrons. The Morgan fingerprint density at radius 1 is 0.958 bits per heavy atom. The van der Waals surface area contributed by atoms with Gasteiger partial charge in [0.15, 0.2) is 11.9 Å². The smallest absolute Gasteiger partial charge is 0.332 e. The number of rotatable bonds is 14. The van der Waals surface area contributed by atoms with Gasteiger partial charge in [-0.25, -0.2) is 4.79 Å². The topological polar surface area (TPSA) is 74.6 Å². The fourth-order valence-corrected chi connectivity index (χ4v) is 1.91. The lowest BCUT2D eigenvalue weighted by molar-refractivity contribution is -0.147. The van der Waals surface area contributed by atoms with Crippen LogP contribution >= 0.6 is 0 Å². The van der Waals surface area contributed by atoms with Crippen LogP contribution in [0.4, 0.5) is 0 Å². The van der Waals surface area contributed by atoms with Gasteiger partial charge in [0.05, 0.1) is 0 Å². The maximum absolute atomic E-state index is 11.4. The van der Waals surface area contributed by atoms with Gasteiger partial charge in [0.25, 0.3) is 0 Å².